The lowest BCUT2D eigenvalue weighted by molar-refractivity contribution is -0.612. The van der Waals surface area contributed by atoms with Gasteiger partial charge in [0.2, 0.25) is 0 Å². The molecule has 0 saturated heterocycles. The largest absolute Gasteiger partial charge is 0.347 e. The molecule has 0 spiro atoms. The van der Waals surface area contributed by atoms with E-state index in [1.54, 1.807) is 0 Å². The Morgan fingerprint density at radius 3 is 2.44 bits per heavy atom. The van der Waals surface area contributed by atoms with E-state index in [0.717, 1.165) is 5.17 Å². The molecule has 0 unspecified atom stereocenters. The molecule has 1 rings (SSSR count). The van der Waals surface area contributed by atoms with Gasteiger partial charge in [-0.15, -0.1) is 4.68 Å². The normalized spacial score (nSPS) is 18.2. The van der Waals surface area contributed by atoms with Gasteiger partial charge in [0.15, 0.2) is 0 Å². The van der Waals surface area contributed by atoms with Crippen LogP contribution in [0, 0.1) is 0 Å². The highest BCUT2D eigenvalue weighted by Gasteiger charge is 2.18. The molecule has 1 aliphatic heterocycles. The van der Waals surface area contributed by atoms with E-state index in [4.69, 9.17) is 0 Å². The number of nitrogens with zero attached hydrogens (tertiary/aromatic N) is 1. The van der Waals surface area contributed by atoms with Crippen LogP contribution in [0.3, 0.4) is 0 Å². The molecule has 0 fully saturated rings. The number of hydrazone groups is 1. The lowest BCUT2D eigenvalue weighted by Gasteiger charge is -2.02. The minimum absolute atomic E-state index is 0.403. The zero-order valence-electron chi connectivity index (χ0n) is 5.47. The molecule has 0 amide bonds. The van der Waals surface area contributed by atoms with Crippen LogP contribution in [0.1, 0.15) is 13.8 Å². The standard InChI is InChI=1S/C4H10N4S/c1-3(2)8-4(9)5-6-7-8/h3,6-7H,1-2H3,(H,5,9)/p+1. The molecule has 4 nitrogen and oxygen atoms in total. The number of nitrogens with one attached hydrogen (secondary N) is 3. The number of thiol groups is 1. The fraction of sp³-hybridized carbons (Fsp3) is 0.750. The van der Waals surface area contributed by atoms with Gasteiger partial charge in [-0.3, -0.25) is 0 Å². The molecule has 52 valence electrons. The quantitative estimate of drug-likeness (QED) is 0.290. The van der Waals surface area contributed by atoms with Crippen molar-refractivity contribution in [2.24, 2.45) is 0 Å². The first kappa shape index (κ1) is 6.70. The summed E-state index contributed by atoms with van der Waals surface area (Å²) in [6.45, 7) is 4.13. The van der Waals surface area contributed by atoms with E-state index < -0.39 is 0 Å². The van der Waals surface area contributed by atoms with E-state index in [2.05, 4.69) is 43.0 Å². The van der Waals surface area contributed by atoms with Crippen LogP contribution in [0.5, 0.6) is 0 Å². The smallest absolute Gasteiger partial charge is 0.168 e. The summed E-state index contributed by atoms with van der Waals surface area (Å²) < 4.78 is 1.88. The molecule has 3 N–H and O–H groups in total. The maximum atomic E-state index is 4.13. The molecule has 0 radical (unpaired) electrons. The van der Waals surface area contributed by atoms with Gasteiger partial charge < -0.3 is 0 Å². The predicted octanol–water partition coefficient (Wildman–Crippen LogP) is -0.780. The average molecular weight is 147 g/mol. The first-order valence-corrected chi connectivity index (χ1v) is 3.28. The molecular formula is C4H11N4S+. The van der Waals surface area contributed by atoms with Gasteiger partial charge in [0.1, 0.15) is 6.04 Å². The second kappa shape index (κ2) is 2.45. The van der Waals surface area contributed by atoms with Crippen LogP contribution in [0.4, 0.5) is 0 Å². The molecule has 0 aromatic heterocycles. The summed E-state index contributed by atoms with van der Waals surface area (Å²) in [5.74, 6) is 0. The van der Waals surface area contributed by atoms with Gasteiger partial charge in [0, 0.05) is 0 Å². The van der Waals surface area contributed by atoms with Gasteiger partial charge in [0.25, 0.3) is 0 Å². The molecule has 9 heavy (non-hydrogen) atoms. The Labute approximate surface area is 59.6 Å². The Kier molecular flexibility index (Phi) is 1.82. The predicted molar refractivity (Wildman–Crippen MR) is 38.8 cm³/mol. The molecule has 0 saturated carbocycles. The highest BCUT2D eigenvalue weighted by molar-refractivity contribution is 7.96. The van der Waals surface area contributed by atoms with Crippen LogP contribution >= 0.6 is 12.6 Å². The van der Waals surface area contributed by atoms with E-state index in [1.165, 1.54) is 0 Å². The Bertz CT molecular complexity index is 142. The highest BCUT2D eigenvalue weighted by Crippen LogP contribution is 1.89. The van der Waals surface area contributed by atoms with Gasteiger partial charge in [-0.05, 0) is 19.4 Å². The molecule has 5 heteroatoms. The highest BCUT2D eigenvalue weighted by atomic mass is 32.1. The summed E-state index contributed by atoms with van der Waals surface area (Å²) in [7, 11) is 0. The summed E-state index contributed by atoms with van der Waals surface area (Å²) in [6.07, 6.45) is 0. The first-order chi connectivity index (χ1) is 4.22. The summed E-state index contributed by atoms with van der Waals surface area (Å²) in [4.78, 5) is 0. The minimum Gasteiger partial charge on any atom is -0.168 e. The second-order valence-electron chi connectivity index (χ2n) is 2.15. The van der Waals surface area contributed by atoms with Crippen LogP contribution in [0.2, 0.25) is 0 Å². The van der Waals surface area contributed by atoms with Gasteiger partial charge in [0.05, 0.1) is 0 Å². The summed E-state index contributed by atoms with van der Waals surface area (Å²) in [5, 5.41) is 0.796. The third-order valence-electron chi connectivity index (χ3n) is 1.10. The number of hydrazine groups is 3. The van der Waals surface area contributed by atoms with Crippen molar-refractivity contribution in [3.8, 4) is 0 Å². The van der Waals surface area contributed by atoms with Crippen molar-refractivity contribution in [1.29, 1.82) is 0 Å². The van der Waals surface area contributed by atoms with Crippen molar-refractivity contribution in [2.75, 3.05) is 0 Å². The van der Waals surface area contributed by atoms with Crippen molar-refractivity contribution in [2.45, 2.75) is 19.9 Å². The average Bonchev–Trinajstić information content (AvgIpc) is 2.13. The Morgan fingerprint density at radius 1 is 1.56 bits per heavy atom. The van der Waals surface area contributed by atoms with Crippen molar-refractivity contribution in [3.05, 3.63) is 0 Å². The SMILES string of the molecule is CC(C)[N+]1=C(S)NNN1. The third-order valence-corrected chi connectivity index (χ3v) is 1.42. The van der Waals surface area contributed by atoms with E-state index in [-0.39, 0.29) is 0 Å². The van der Waals surface area contributed by atoms with Crippen molar-refractivity contribution in [1.82, 2.24) is 16.5 Å². The zero-order chi connectivity index (χ0) is 6.85. The fourth-order valence-corrected chi connectivity index (χ4v) is 0.968. The fourth-order valence-electron chi connectivity index (χ4n) is 0.631. The van der Waals surface area contributed by atoms with E-state index in [1.807, 2.05) is 4.68 Å². The molecule has 0 aromatic carbocycles. The Morgan fingerprint density at radius 2 is 2.22 bits per heavy atom. The second-order valence-corrected chi connectivity index (χ2v) is 2.57. The number of hydrogen-bond acceptors (Lipinski definition) is 3. The van der Waals surface area contributed by atoms with Crippen LogP contribution in [0.25, 0.3) is 0 Å². The van der Waals surface area contributed by atoms with Gasteiger partial charge in [-0.2, -0.15) is 11.0 Å². The lowest BCUT2D eigenvalue weighted by Crippen LogP contribution is -2.39. The van der Waals surface area contributed by atoms with Crippen LogP contribution < -0.4 is 16.5 Å². The number of amidine groups is 1. The Balaban J connectivity index is 2.66. The van der Waals surface area contributed by atoms with E-state index >= 15 is 0 Å². The molecule has 0 atom stereocenters. The molecule has 0 aromatic rings. The van der Waals surface area contributed by atoms with Crippen LogP contribution in [0.15, 0.2) is 0 Å². The molecule has 0 aliphatic carbocycles. The molecule has 1 aliphatic rings. The van der Waals surface area contributed by atoms with Crippen LogP contribution in [-0.4, -0.2) is 15.9 Å². The molecular weight excluding hydrogens is 136 g/mol. The minimum atomic E-state index is 0.403. The maximum Gasteiger partial charge on any atom is 0.347 e. The van der Waals surface area contributed by atoms with E-state index in [0.29, 0.717) is 6.04 Å². The van der Waals surface area contributed by atoms with Crippen LogP contribution in [-0.2, 0) is 0 Å². The van der Waals surface area contributed by atoms with Gasteiger partial charge in [-0.1, -0.05) is 12.6 Å². The first-order valence-electron chi connectivity index (χ1n) is 2.83. The molecule has 1 heterocycles. The van der Waals surface area contributed by atoms with Crippen molar-refractivity contribution in [3.63, 3.8) is 0 Å². The third kappa shape index (κ3) is 1.28. The monoisotopic (exact) mass is 147 g/mol. The summed E-state index contributed by atoms with van der Waals surface area (Å²) in [5.41, 5.74) is 8.38. The number of rotatable bonds is 1. The number of hydrogen-bond donors (Lipinski definition) is 4. The Hall–Kier alpha value is -0.420. The van der Waals surface area contributed by atoms with Gasteiger partial charge in [-0.25, -0.2) is 0 Å². The summed E-state index contributed by atoms with van der Waals surface area (Å²) in [6, 6.07) is 0.403. The van der Waals surface area contributed by atoms with Crippen molar-refractivity contribution >= 4 is 17.8 Å². The maximum absolute atomic E-state index is 4.13. The zero-order valence-corrected chi connectivity index (χ0v) is 6.37. The topological polar surface area (TPSA) is 39.1 Å². The van der Waals surface area contributed by atoms with E-state index in [9.17, 15) is 0 Å². The summed E-state index contributed by atoms with van der Waals surface area (Å²) >= 11 is 4.13. The van der Waals surface area contributed by atoms with Gasteiger partial charge >= 0.3 is 5.17 Å². The lowest BCUT2D eigenvalue weighted by atomic mass is 10.4. The molecule has 0 bridgehead atoms. The van der Waals surface area contributed by atoms with Crippen molar-refractivity contribution < 1.29 is 4.68 Å².